The molecule has 0 aliphatic carbocycles. The third kappa shape index (κ3) is 3.08. The molecule has 0 amide bonds. The molecule has 0 aliphatic rings. The molecular weight excluding hydrogens is 254 g/mol. The fraction of sp³-hybridized carbons (Fsp3) is 0.312. The van der Waals surface area contributed by atoms with Crippen LogP contribution < -0.4 is 9.47 Å². The fourth-order valence-electron chi connectivity index (χ4n) is 2.18. The van der Waals surface area contributed by atoms with Crippen LogP contribution in [0.2, 0.25) is 0 Å². The van der Waals surface area contributed by atoms with Crippen molar-refractivity contribution in [2.45, 2.75) is 18.9 Å². The second-order valence-electron chi connectivity index (χ2n) is 4.85. The van der Waals surface area contributed by atoms with Crippen LogP contribution >= 0.6 is 0 Å². The van der Waals surface area contributed by atoms with Crippen LogP contribution in [0.25, 0.3) is 0 Å². The molecule has 2 aromatic rings. The van der Waals surface area contributed by atoms with Gasteiger partial charge in [-0.3, -0.25) is 4.98 Å². The Morgan fingerprint density at radius 3 is 2.40 bits per heavy atom. The van der Waals surface area contributed by atoms with Gasteiger partial charge in [0.25, 0.3) is 0 Å². The van der Waals surface area contributed by atoms with Crippen LogP contribution in [-0.2, 0) is 12.0 Å². The number of hydrogen-bond acceptors (Lipinski definition) is 4. The van der Waals surface area contributed by atoms with Crippen molar-refractivity contribution in [3.8, 4) is 11.5 Å². The van der Waals surface area contributed by atoms with Gasteiger partial charge in [-0.1, -0.05) is 12.1 Å². The number of rotatable bonds is 5. The smallest absolute Gasteiger partial charge is 0.143 e. The third-order valence-corrected chi connectivity index (χ3v) is 3.21. The highest BCUT2D eigenvalue weighted by Gasteiger charge is 2.28. The van der Waals surface area contributed by atoms with Gasteiger partial charge in [0, 0.05) is 12.6 Å². The maximum absolute atomic E-state index is 10.7. The Balaban J connectivity index is 2.25. The van der Waals surface area contributed by atoms with Crippen molar-refractivity contribution in [2.75, 3.05) is 14.2 Å². The fourth-order valence-corrected chi connectivity index (χ4v) is 2.18. The largest absolute Gasteiger partial charge is 0.497 e. The van der Waals surface area contributed by atoms with E-state index in [-0.39, 0.29) is 0 Å². The molecule has 1 atom stereocenters. The van der Waals surface area contributed by atoms with Crippen LogP contribution in [0.3, 0.4) is 0 Å². The molecule has 20 heavy (non-hydrogen) atoms. The second-order valence-corrected chi connectivity index (χ2v) is 4.85. The molecule has 0 spiro atoms. The van der Waals surface area contributed by atoms with Crippen molar-refractivity contribution in [2.24, 2.45) is 0 Å². The number of aromatic nitrogens is 1. The van der Waals surface area contributed by atoms with E-state index >= 15 is 0 Å². The summed E-state index contributed by atoms with van der Waals surface area (Å²) < 4.78 is 10.4. The Kier molecular flexibility index (Phi) is 4.25. The quantitative estimate of drug-likeness (QED) is 0.909. The van der Waals surface area contributed by atoms with Gasteiger partial charge in [-0.2, -0.15) is 0 Å². The lowest BCUT2D eigenvalue weighted by atomic mass is 9.92. The minimum Gasteiger partial charge on any atom is -0.497 e. The summed E-state index contributed by atoms with van der Waals surface area (Å²) in [7, 11) is 3.20. The minimum atomic E-state index is -1.10. The molecule has 4 heteroatoms. The molecule has 0 fully saturated rings. The van der Waals surface area contributed by atoms with E-state index in [0.717, 1.165) is 11.3 Å². The molecule has 4 nitrogen and oxygen atoms in total. The molecule has 1 unspecified atom stereocenters. The van der Waals surface area contributed by atoms with Crippen molar-refractivity contribution < 1.29 is 14.6 Å². The van der Waals surface area contributed by atoms with E-state index in [4.69, 9.17) is 9.47 Å². The predicted octanol–water partition coefficient (Wildman–Crippen LogP) is 2.55. The summed E-state index contributed by atoms with van der Waals surface area (Å²) >= 11 is 0. The lowest BCUT2D eigenvalue weighted by Gasteiger charge is -2.24. The van der Waals surface area contributed by atoms with Crippen LogP contribution in [0, 0.1) is 0 Å². The molecule has 0 bridgehead atoms. The van der Waals surface area contributed by atoms with Crippen LogP contribution in [0.15, 0.2) is 42.6 Å². The highest BCUT2D eigenvalue weighted by Crippen LogP contribution is 2.30. The maximum atomic E-state index is 10.7. The van der Waals surface area contributed by atoms with Gasteiger partial charge < -0.3 is 14.6 Å². The predicted molar refractivity (Wildman–Crippen MR) is 77.1 cm³/mol. The standard InChI is InChI=1S/C16H19NO3/c1-16(18,15-14(20-3)5-4-10-17-15)11-12-6-8-13(19-2)9-7-12/h4-10,18H,11H2,1-3H3. The van der Waals surface area contributed by atoms with E-state index in [0.29, 0.717) is 17.9 Å². The Morgan fingerprint density at radius 1 is 1.10 bits per heavy atom. The summed E-state index contributed by atoms with van der Waals surface area (Å²) in [6, 6.07) is 11.2. The summed E-state index contributed by atoms with van der Waals surface area (Å²) in [4.78, 5) is 4.25. The molecule has 0 radical (unpaired) electrons. The number of nitrogens with zero attached hydrogens (tertiary/aromatic N) is 1. The zero-order valence-corrected chi connectivity index (χ0v) is 12.0. The molecule has 1 aromatic heterocycles. The number of benzene rings is 1. The van der Waals surface area contributed by atoms with E-state index in [1.807, 2.05) is 24.3 Å². The first-order valence-corrected chi connectivity index (χ1v) is 6.41. The lowest BCUT2D eigenvalue weighted by Crippen LogP contribution is -2.26. The first-order chi connectivity index (χ1) is 9.56. The first kappa shape index (κ1) is 14.3. The molecular formula is C16H19NO3. The number of aliphatic hydroxyl groups is 1. The topological polar surface area (TPSA) is 51.6 Å². The van der Waals surface area contributed by atoms with Crippen LogP contribution in [-0.4, -0.2) is 24.3 Å². The van der Waals surface area contributed by atoms with Gasteiger partial charge in [-0.25, -0.2) is 0 Å². The Bertz CT molecular complexity index is 564. The van der Waals surface area contributed by atoms with E-state index in [1.165, 1.54) is 0 Å². The van der Waals surface area contributed by atoms with Gasteiger partial charge in [0.1, 0.15) is 22.8 Å². The van der Waals surface area contributed by atoms with Gasteiger partial charge in [-0.15, -0.1) is 0 Å². The molecule has 0 saturated heterocycles. The SMILES string of the molecule is COc1ccc(CC(C)(O)c2ncccc2OC)cc1. The summed E-state index contributed by atoms with van der Waals surface area (Å²) in [6.07, 6.45) is 2.10. The summed E-state index contributed by atoms with van der Waals surface area (Å²) in [5.41, 5.74) is 0.447. The van der Waals surface area contributed by atoms with Gasteiger partial charge >= 0.3 is 0 Å². The minimum absolute atomic E-state index is 0.449. The van der Waals surface area contributed by atoms with Crippen molar-refractivity contribution in [3.05, 3.63) is 53.9 Å². The van der Waals surface area contributed by atoms with Gasteiger partial charge in [0.2, 0.25) is 0 Å². The van der Waals surface area contributed by atoms with Crippen LogP contribution in [0.1, 0.15) is 18.2 Å². The average Bonchev–Trinajstić information content (AvgIpc) is 2.47. The highest BCUT2D eigenvalue weighted by atomic mass is 16.5. The highest BCUT2D eigenvalue weighted by molar-refractivity contribution is 5.34. The second kappa shape index (κ2) is 5.92. The van der Waals surface area contributed by atoms with E-state index in [1.54, 1.807) is 39.5 Å². The molecule has 1 heterocycles. The molecule has 106 valence electrons. The molecule has 1 aromatic carbocycles. The summed E-state index contributed by atoms with van der Waals surface area (Å²) in [5.74, 6) is 1.38. The van der Waals surface area contributed by atoms with Crippen LogP contribution in [0.4, 0.5) is 0 Å². The third-order valence-electron chi connectivity index (χ3n) is 3.21. The van der Waals surface area contributed by atoms with Crippen molar-refractivity contribution in [3.63, 3.8) is 0 Å². The van der Waals surface area contributed by atoms with Crippen LogP contribution in [0.5, 0.6) is 11.5 Å². The molecule has 1 N–H and O–H groups in total. The van der Waals surface area contributed by atoms with E-state index in [2.05, 4.69) is 4.98 Å². The van der Waals surface area contributed by atoms with Crippen molar-refractivity contribution in [1.29, 1.82) is 0 Å². The number of methoxy groups -OCH3 is 2. The van der Waals surface area contributed by atoms with Crippen molar-refractivity contribution in [1.82, 2.24) is 4.98 Å². The number of ether oxygens (including phenoxy) is 2. The Labute approximate surface area is 119 Å². The average molecular weight is 273 g/mol. The number of hydrogen-bond donors (Lipinski definition) is 1. The lowest BCUT2D eigenvalue weighted by molar-refractivity contribution is 0.0501. The van der Waals surface area contributed by atoms with E-state index in [9.17, 15) is 5.11 Å². The van der Waals surface area contributed by atoms with E-state index < -0.39 is 5.60 Å². The Hall–Kier alpha value is -2.07. The molecule has 0 saturated carbocycles. The molecule has 0 aliphatic heterocycles. The zero-order chi connectivity index (χ0) is 14.6. The monoisotopic (exact) mass is 273 g/mol. The summed E-state index contributed by atoms with van der Waals surface area (Å²) in [6.45, 7) is 1.74. The van der Waals surface area contributed by atoms with Gasteiger partial charge in [0.05, 0.1) is 14.2 Å². The maximum Gasteiger partial charge on any atom is 0.143 e. The first-order valence-electron chi connectivity index (χ1n) is 6.41. The van der Waals surface area contributed by atoms with Crippen molar-refractivity contribution >= 4 is 0 Å². The summed E-state index contributed by atoms with van der Waals surface area (Å²) in [5, 5.41) is 10.7. The molecule has 2 rings (SSSR count). The zero-order valence-electron chi connectivity index (χ0n) is 12.0. The van der Waals surface area contributed by atoms with Gasteiger partial charge in [0.15, 0.2) is 0 Å². The Morgan fingerprint density at radius 2 is 1.80 bits per heavy atom. The normalized spacial score (nSPS) is 13.6. The van der Waals surface area contributed by atoms with Gasteiger partial charge in [-0.05, 0) is 36.8 Å². The number of pyridine rings is 1.